The number of carbonyl (C=O) groups is 3. The van der Waals surface area contributed by atoms with Gasteiger partial charge in [-0.1, -0.05) is 30.3 Å². The number of benzene rings is 1. The maximum absolute atomic E-state index is 11.7. The quantitative estimate of drug-likeness (QED) is 0.836. The molecular formula is C14H16O4. The molecule has 0 fully saturated rings. The van der Waals surface area contributed by atoms with Gasteiger partial charge >= 0.3 is 5.97 Å². The van der Waals surface area contributed by atoms with E-state index in [-0.39, 0.29) is 18.0 Å². The summed E-state index contributed by atoms with van der Waals surface area (Å²) >= 11 is 0. The van der Waals surface area contributed by atoms with Gasteiger partial charge in [-0.25, -0.2) is 0 Å². The Balaban J connectivity index is 3.13. The van der Waals surface area contributed by atoms with E-state index in [1.807, 2.05) is 0 Å². The number of carboxylic acids is 1. The van der Waals surface area contributed by atoms with Gasteiger partial charge in [0.15, 0.2) is 0 Å². The van der Waals surface area contributed by atoms with Gasteiger partial charge in [0, 0.05) is 5.92 Å². The van der Waals surface area contributed by atoms with E-state index in [1.165, 1.54) is 13.8 Å². The van der Waals surface area contributed by atoms with Crippen LogP contribution < -0.4 is 0 Å². The third-order valence-corrected chi connectivity index (χ3v) is 2.92. The largest absolute Gasteiger partial charge is 0.481 e. The van der Waals surface area contributed by atoms with Gasteiger partial charge in [0.1, 0.15) is 11.6 Å². The third kappa shape index (κ3) is 3.52. The summed E-state index contributed by atoms with van der Waals surface area (Å²) in [4.78, 5) is 34.1. The molecule has 96 valence electrons. The Morgan fingerprint density at radius 3 is 2.00 bits per heavy atom. The second-order valence-electron chi connectivity index (χ2n) is 4.31. The maximum atomic E-state index is 11.7. The number of rotatable bonds is 6. The molecule has 0 radical (unpaired) electrons. The first kappa shape index (κ1) is 14.1. The minimum Gasteiger partial charge on any atom is -0.481 e. The molecule has 1 aromatic rings. The van der Waals surface area contributed by atoms with Crippen LogP contribution in [0.1, 0.15) is 31.7 Å². The Morgan fingerprint density at radius 2 is 1.61 bits per heavy atom. The molecular weight excluding hydrogens is 232 g/mol. The van der Waals surface area contributed by atoms with Crippen LogP contribution in [0.4, 0.5) is 0 Å². The molecule has 18 heavy (non-hydrogen) atoms. The molecule has 4 heteroatoms. The van der Waals surface area contributed by atoms with Crippen molar-refractivity contribution in [3.63, 3.8) is 0 Å². The molecule has 0 aliphatic carbocycles. The Hall–Kier alpha value is -1.97. The molecule has 0 aromatic heterocycles. The Morgan fingerprint density at radius 1 is 1.06 bits per heavy atom. The van der Waals surface area contributed by atoms with Crippen molar-refractivity contribution in [3.8, 4) is 0 Å². The number of carbonyl (C=O) groups excluding carboxylic acids is 2. The number of aliphatic carboxylic acids is 1. The van der Waals surface area contributed by atoms with E-state index < -0.39 is 17.8 Å². The van der Waals surface area contributed by atoms with E-state index in [2.05, 4.69) is 0 Å². The van der Waals surface area contributed by atoms with Crippen molar-refractivity contribution >= 4 is 17.5 Å². The maximum Gasteiger partial charge on any atom is 0.304 e. The minimum absolute atomic E-state index is 0.192. The van der Waals surface area contributed by atoms with Gasteiger partial charge in [-0.3, -0.25) is 14.4 Å². The zero-order chi connectivity index (χ0) is 13.7. The summed E-state index contributed by atoms with van der Waals surface area (Å²) in [7, 11) is 0. The summed E-state index contributed by atoms with van der Waals surface area (Å²) < 4.78 is 0. The Labute approximate surface area is 106 Å². The predicted octanol–water partition coefficient (Wildman–Crippen LogP) is 2.04. The number of hydrogen-bond donors (Lipinski definition) is 1. The molecule has 0 aliphatic rings. The molecule has 0 saturated carbocycles. The van der Waals surface area contributed by atoms with Crippen LogP contribution in [-0.4, -0.2) is 22.6 Å². The molecule has 1 rings (SSSR count). The Kier molecular flexibility index (Phi) is 4.77. The summed E-state index contributed by atoms with van der Waals surface area (Å²) in [5.74, 6) is -3.02. The minimum atomic E-state index is -1.07. The van der Waals surface area contributed by atoms with Gasteiger partial charge in [-0.2, -0.15) is 0 Å². The van der Waals surface area contributed by atoms with Crippen LogP contribution in [0.5, 0.6) is 0 Å². The lowest BCUT2D eigenvalue weighted by Crippen LogP contribution is -2.27. The average Bonchev–Trinajstić information content (AvgIpc) is 2.28. The van der Waals surface area contributed by atoms with Crippen LogP contribution in [-0.2, 0) is 14.4 Å². The average molecular weight is 248 g/mol. The zero-order valence-corrected chi connectivity index (χ0v) is 10.4. The molecule has 0 heterocycles. The number of ketones is 2. The van der Waals surface area contributed by atoms with Gasteiger partial charge in [-0.05, 0) is 19.4 Å². The van der Waals surface area contributed by atoms with Crippen molar-refractivity contribution in [1.82, 2.24) is 0 Å². The summed E-state index contributed by atoms with van der Waals surface area (Å²) in [5.41, 5.74) is 0.687. The van der Waals surface area contributed by atoms with E-state index in [0.717, 1.165) is 0 Å². The van der Waals surface area contributed by atoms with E-state index in [0.29, 0.717) is 5.56 Å². The van der Waals surface area contributed by atoms with Crippen molar-refractivity contribution < 1.29 is 19.5 Å². The van der Waals surface area contributed by atoms with Crippen molar-refractivity contribution in [1.29, 1.82) is 0 Å². The topological polar surface area (TPSA) is 71.4 Å². The van der Waals surface area contributed by atoms with Gasteiger partial charge in [0.2, 0.25) is 0 Å². The highest BCUT2D eigenvalue weighted by Gasteiger charge is 2.32. The molecule has 0 aliphatic heterocycles. The molecule has 4 nitrogen and oxygen atoms in total. The smallest absolute Gasteiger partial charge is 0.304 e. The summed E-state index contributed by atoms with van der Waals surface area (Å²) in [6.45, 7) is 2.71. The van der Waals surface area contributed by atoms with E-state index in [1.54, 1.807) is 30.3 Å². The lowest BCUT2D eigenvalue weighted by Gasteiger charge is -2.22. The molecule has 0 spiro atoms. The van der Waals surface area contributed by atoms with Gasteiger partial charge in [0.25, 0.3) is 0 Å². The van der Waals surface area contributed by atoms with Gasteiger partial charge in [-0.15, -0.1) is 0 Å². The fourth-order valence-corrected chi connectivity index (χ4v) is 2.10. The molecule has 0 amide bonds. The SMILES string of the molecule is CC(=O)C(CC(=O)O)C(C(C)=O)c1ccccc1. The van der Waals surface area contributed by atoms with Crippen LogP contribution in [0.25, 0.3) is 0 Å². The van der Waals surface area contributed by atoms with E-state index in [9.17, 15) is 14.4 Å². The second-order valence-corrected chi connectivity index (χ2v) is 4.31. The van der Waals surface area contributed by atoms with E-state index >= 15 is 0 Å². The van der Waals surface area contributed by atoms with Crippen molar-refractivity contribution in [2.75, 3.05) is 0 Å². The first-order valence-electron chi connectivity index (χ1n) is 5.71. The number of Topliss-reactive ketones (excluding diaryl/α,β-unsaturated/α-hetero) is 2. The zero-order valence-electron chi connectivity index (χ0n) is 10.4. The first-order chi connectivity index (χ1) is 8.43. The van der Waals surface area contributed by atoms with Gasteiger partial charge < -0.3 is 5.11 Å². The standard InChI is InChI=1S/C14H16O4/c1-9(15)12(8-13(17)18)14(10(2)16)11-6-4-3-5-7-11/h3-7,12,14H,8H2,1-2H3,(H,17,18). The van der Waals surface area contributed by atoms with Gasteiger partial charge in [0.05, 0.1) is 12.3 Å². The van der Waals surface area contributed by atoms with Crippen molar-refractivity contribution in [3.05, 3.63) is 35.9 Å². The van der Waals surface area contributed by atoms with Crippen LogP contribution in [0.2, 0.25) is 0 Å². The third-order valence-electron chi connectivity index (χ3n) is 2.92. The summed E-state index contributed by atoms with van der Waals surface area (Å²) in [6, 6.07) is 8.82. The highest BCUT2D eigenvalue weighted by atomic mass is 16.4. The van der Waals surface area contributed by atoms with Crippen LogP contribution in [0.15, 0.2) is 30.3 Å². The second kappa shape index (κ2) is 6.10. The highest BCUT2D eigenvalue weighted by molar-refractivity contribution is 5.93. The van der Waals surface area contributed by atoms with Crippen LogP contribution >= 0.6 is 0 Å². The predicted molar refractivity (Wildman–Crippen MR) is 66.3 cm³/mol. The van der Waals surface area contributed by atoms with Crippen LogP contribution in [0, 0.1) is 5.92 Å². The van der Waals surface area contributed by atoms with Crippen LogP contribution in [0.3, 0.4) is 0 Å². The highest BCUT2D eigenvalue weighted by Crippen LogP contribution is 2.29. The Bertz CT molecular complexity index is 450. The lowest BCUT2D eigenvalue weighted by atomic mass is 9.79. The fourth-order valence-electron chi connectivity index (χ4n) is 2.10. The number of hydrogen-bond acceptors (Lipinski definition) is 3. The van der Waals surface area contributed by atoms with Crippen molar-refractivity contribution in [2.24, 2.45) is 5.92 Å². The summed E-state index contributed by atoms with van der Waals surface area (Å²) in [5, 5.41) is 8.85. The molecule has 1 aromatic carbocycles. The first-order valence-corrected chi connectivity index (χ1v) is 5.71. The van der Waals surface area contributed by atoms with E-state index in [4.69, 9.17) is 5.11 Å². The molecule has 1 N–H and O–H groups in total. The molecule has 2 atom stereocenters. The fraction of sp³-hybridized carbons (Fsp3) is 0.357. The summed E-state index contributed by atoms with van der Waals surface area (Å²) in [6.07, 6.45) is -0.325. The molecule has 0 saturated heterocycles. The molecule has 2 unspecified atom stereocenters. The normalized spacial score (nSPS) is 13.7. The van der Waals surface area contributed by atoms with Crippen molar-refractivity contribution in [2.45, 2.75) is 26.2 Å². The molecule has 0 bridgehead atoms. The number of carboxylic acid groups (broad SMARTS) is 1. The lowest BCUT2D eigenvalue weighted by molar-refractivity contribution is -0.141. The monoisotopic (exact) mass is 248 g/mol.